The number of aryl methyl sites for hydroxylation is 1. The third-order valence-corrected chi connectivity index (χ3v) is 3.35. The first-order chi connectivity index (χ1) is 8.06. The first-order valence-electron chi connectivity index (χ1n) is 5.49. The Kier molecular flexibility index (Phi) is 6.15. The van der Waals surface area contributed by atoms with Gasteiger partial charge in [0.25, 0.3) is 0 Å². The fourth-order valence-corrected chi connectivity index (χ4v) is 2.24. The molecule has 0 amide bonds. The van der Waals surface area contributed by atoms with Crippen molar-refractivity contribution in [3.8, 4) is 0 Å². The Morgan fingerprint density at radius 2 is 1.71 bits per heavy atom. The Labute approximate surface area is 107 Å². The summed E-state index contributed by atoms with van der Waals surface area (Å²) >= 11 is 1.80. The first kappa shape index (κ1) is 14.7. The molecule has 0 aliphatic rings. The van der Waals surface area contributed by atoms with E-state index in [4.69, 9.17) is 10.0 Å². The van der Waals surface area contributed by atoms with Gasteiger partial charge in [-0.3, -0.25) is 0 Å². The van der Waals surface area contributed by atoms with E-state index in [1.807, 2.05) is 0 Å². The average Bonchev–Trinajstić information content (AvgIpc) is 2.29. The molecule has 0 aliphatic heterocycles. The lowest BCUT2D eigenvalue weighted by Gasteiger charge is -2.10. The topological polar surface area (TPSA) is 80.9 Å². The third kappa shape index (κ3) is 4.41. The molecule has 0 unspecified atom stereocenters. The minimum Gasteiger partial charge on any atom is -0.423 e. The molecule has 0 aromatic heterocycles. The zero-order valence-electron chi connectivity index (χ0n) is 9.71. The SMILES string of the molecule is BCSCCc1ccc(B(O)O)c(B(O)O)c1. The van der Waals surface area contributed by atoms with Crippen LogP contribution in [0.1, 0.15) is 5.56 Å². The van der Waals surface area contributed by atoms with Gasteiger partial charge in [-0.05, 0) is 34.3 Å². The van der Waals surface area contributed by atoms with Gasteiger partial charge in [0.15, 0.2) is 0 Å². The molecule has 0 radical (unpaired) electrons. The van der Waals surface area contributed by atoms with Gasteiger partial charge in [-0.15, -0.1) is 0 Å². The van der Waals surface area contributed by atoms with Crippen molar-refractivity contribution in [2.45, 2.75) is 6.42 Å². The van der Waals surface area contributed by atoms with Crippen molar-refractivity contribution in [3.05, 3.63) is 23.8 Å². The van der Waals surface area contributed by atoms with Gasteiger partial charge < -0.3 is 20.1 Å². The van der Waals surface area contributed by atoms with E-state index >= 15 is 0 Å². The van der Waals surface area contributed by atoms with Crippen LogP contribution >= 0.6 is 11.8 Å². The molecule has 17 heavy (non-hydrogen) atoms. The molecule has 8 heteroatoms. The van der Waals surface area contributed by atoms with Gasteiger partial charge in [0, 0.05) is 0 Å². The first-order valence-corrected chi connectivity index (χ1v) is 6.64. The predicted molar refractivity (Wildman–Crippen MR) is 75.7 cm³/mol. The van der Waals surface area contributed by atoms with Crippen molar-refractivity contribution in [2.24, 2.45) is 0 Å². The van der Waals surface area contributed by atoms with Crippen molar-refractivity contribution in [3.63, 3.8) is 0 Å². The molecule has 1 rings (SSSR count). The third-order valence-electron chi connectivity index (χ3n) is 2.45. The van der Waals surface area contributed by atoms with Crippen LogP contribution in [0.4, 0.5) is 0 Å². The van der Waals surface area contributed by atoms with Crippen LogP contribution in [0.5, 0.6) is 0 Å². The maximum atomic E-state index is 9.18. The Balaban J connectivity index is 2.86. The molecule has 4 N–H and O–H groups in total. The highest BCUT2D eigenvalue weighted by molar-refractivity contribution is 8.00. The fraction of sp³-hybridized carbons (Fsp3) is 0.333. The van der Waals surface area contributed by atoms with Crippen molar-refractivity contribution < 1.29 is 20.1 Å². The van der Waals surface area contributed by atoms with Crippen LogP contribution in [0, 0.1) is 0 Å². The summed E-state index contributed by atoms with van der Waals surface area (Å²) < 4.78 is 0. The number of hydrogen-bond acceptors (Lipinski definition) is 5. The van der Waals surface area contributed by atoms with Gasteiger partial charge in [0.1, 0.15) is 7.85 Å². The summed E-state index contributed by atoms with van der Waals surface area (Å²) in [5.74, 6) is 0.957. The van der Waals surface area contributed by atoms with E-state index in [9.17, 15) is 10.0 Å². The molecule has 1 aromatic rings. The molecule has 0 saturated carbocycles. The standard InChI is InChI=1S/C9H15B3O4S/c10-6-17-4-3-7-1-2-8(11(13)14)9(5-7)12(15)16/h1-2,5,13-16H,3-4,6,10H2. The summed E-state index contributed by atoms with van der Waals surface area (Å²) in [6, 6.07) is 4.90. The lowest BCUT2D eigenvalue weighted by Crippen LogP contribution is -2.49. The molecule has 4 nitrogen and oxygen atoms in total. The number of benzene rings is 1. The summed E-state index contributed by atoms with van der Waals surface area (Å²) in [4.78, 5) is 0. The quantitative estimate of drug-likeness (QED) is 0.318. The number of rotatable bonds is 6. The van der Waals surface area contributed by atoms with E-state index < -0.39 is 14.2 Å². The summed E-state index contributed by atoms with van der Waals surface area (Å²) in [5.41, 5.74) is 2.28. The molecule has 0 atom stereocenters. The fourth-order valence-electron chi connectivity index (χ4n) is 1.57. The van der Waals surface area contributed by atoms with E-state index in [-0.39, 0.29) is 10.9 Å². The van der Waals surface area contributed by atoms with Crippen molar-refractivity contribution in [2.75, 3.05) is 11.4 Å². The Morgan fingerprint density at radius 1 is 1.06 bits per heavy atom. The van der Waals surface area contributed by atoms with Gasteiger partial charge in [0.2, 0.25) is 0 Å². The van der Waals surface area contributed by atoms with Crippen molar-refractivity contribution >= 4 is 44.8 Å². The Hall–Kier alpha value is -0.395. The molecule has 0 saturated heterocycles. The highest BCUT2D eigenvalue weighted by Crippen LogP contribution is 2.04. The molecule has 0 bridgehead atoms. The molecule has 0 spiro atoms. The van der Waals surface area contributed by atoms with Gasteiger partial charge in [0.05, 0.1) is 0 Å². The smallest absolute Gasteiger partial charge is 0.423 e. The van der Waals surface area contributed by atoms with Crippen LogP contribution in [0.2, 0.25) is 0 Å². The normalized spacial score (nSPS) is 10.4. The van der Waals surface area contributed by atoms with E-state index in [0.717, 1.165) is 23.4 Å². The second-order valence-corrected chi connectivity index (χ2v) is 5.05. The van der Waals surface area contributed by atoms with Crippen LogP contribution in [-0.2, 0) is 6.42 Å². The van der Waals surface area contributed by atoms with Crippen LogP contribution < -0.4 is 10.9 Å². The van der Waals surface area contributed by atoms with Crippen molar-refractivity contribution in [1.82, 2.24) is 0 Å². The van der Waals surface area contributed by atoms with Crippen LogP contribution in [-0.4, -0.2) is 53.6 Å². The molecule has 90 valence electrons. The van der Waals surface area contributed by atoms with Crippen LogP contribution in [0.3, 0.4) is 0 Å². The van der Waals surface area contributed by atoms with E-state index in [1.54, 1.807) is 23.9 Å². The van der Waals surface area contributed by atoms with Gasteiger partial charge >= 0.3 is 14.2 Å². The molecule has 0 fully saturated rings. The van der Waals surface area contributed by atoms with Gasteiger partial charge in [-0.2, -0.15) is 11.8 Å². The second-order valence-electron chi connectivity index (χ2n) is 3.66. The maximum absolute atomic E-state index is 9.18. The zero-order valence-corrected chi connectivity index (χ0v) is 10.5. The summed E-state index contributed by atoms with van der Waals surface area (Å²) in [6.07, 6.45) is 0.819. The lowest BCUT2D eigenvalue weighted by atomic mass is 9.65. The summed E-state index contributed by atoms with van der Waals surface area (Å²) in [6.45, 7) is 0. The summed E-state index contributed by atoms with van der Waals surface area (Å²) in [5, 5.41) is 36.5. The molecule has 1 aromatic carbocycles. The van der Waals surface area contributed by atoms with E-state index in [1.165, 1.54) is 6.07 Å². The second kappa shape index (κ2) is 7.13. The van der Waals surface area contributed by atoms with Gasteiger partial charge in [-0.25, -0.2) is 0 Å². The van der Waals surface area contributed by atoms with Crippen LogP contribution in [0.15, 0.2) is 18.2 Å². The summed E-state index contributed by atoms with van der Waals surface area (Å²) in [7, 11) is -1.30. The van der Waals surface area contributed by atoms with Crippen molar-refractivity contribution in [1.29, 1.82) is 0 Å². The predicted octanol–water partition coefficient (Wildman–Crippen LogP) is -3.09. The maximum Gasteiger partial charge on any atom is 0.488 e. The minimum atomic E-state index is -1.69. The molecular formula is C9H15B3O4S. The van der Waals surface area contributed by atoms with E-state index in [0.29, 0.717) is 0 Å². The number of thioether (sulfide) groups is 1. The highest BCUT2D eigenvalue weighted by Gasteiger charge is 2.23. The monoisotopic (exact) mass is 252 g/mol. The Morgan fingerprint density at radius 3 is 2.24 bits per heavy atom. The average molecular weight is 252 g/mol. The Bertz CT molecular complexity index is 362. The molecular weight excluding hydrogens is 237 g/mol. The highest BCUT2D eigenvalue weighted by atomic mass is 32.2. The largest absolute Gasteiger partial charge is 0.488 e. The minimum absolute atomic E-state index is 0.131. The number of hydrogen-bond donors (Lipinski definition) is 4. The lowest BCUT2D eigenvalue weighted by molar-refractivity contribution is 0.419. The van der Waals surface area contributed by atoms with Gasteiger partial charge in [-0.1, -0.05) is 18.2 Å². The molecule has 0 aliphatic carbocycles. The van der Waals surface area contributed by atoms with E-state index in [2.05, 4.69) is 7.85 Å². The zero-order chi connectivity index (χ0) is 12.8. The molecule has 0 heterocycles. The van der Waals surface area contributed by atoms with Crippen LogP contribution in [0.25, 0.3) is 0 Å².